The van der Waals surface area contributed by atoms with Crippen LogP contribution in [0.3, 0.4) is 0 Å². The van der Waals surface area contributed by atoms with Gasteiger partial charge in [0.2, 0.25) is 0 Å². The summed E-state index contributed by atoms with van der Waals surface area (Å²) >= 11 is 0. The summed E-state index contributed by atoms with van der Waals surface area (Å²) in [7, 11) is 0. The molecule has 1 amide bonds. The van der Waals surface area contributed by atoms with Crippen LogP contribution >= 0.6 is 0 Å². The number of nitrogens with one attached hydrogen (secondary N) is 1. The highest BCUT2D eigenvalue weighted by molar-refractivity contribution is 5.97. The Bertz CT molecular complexity index is 1070. The van der Waals surface area contributed by atoms with Crippen LogP contribution in [0.5, 0.6) is 0 Å². The smallest absolute Gasteiger partial charge is 0.335 e. The van der Waals surface area contributed by atoms with Crippen molar-refractivity contribution in [3.8, 4) is 0 Å². The lowest BCUT2D eigenvalue weighted by atomic mass is 9.76. The monoisotopic (exact) mass is 453 g/mol. The normalized spacial score (nSPS) is 18.5. The third-order valence-corrected chi connectivity index (χ3v) is 7.55. The second kappa shape index (κ2) is 9.29. The van der Waals surface area contributed by atoms with E-state index in [4.69, 9.17) is 9.84 Å². The van der Waals surface area contributed by atoms with E-state index in [1.165, 1.54) is 0 Å². The number of nitrogens with zero attached hydrogens (tertiary/aromatic N) is 2. The number of aromatic nitrogens is 2. The maximum atomic E-state index is 13.0. The molecule has 1 aromatic heterocycles. The number of hydrogen-bond donors (Lipinski definition) is 2. The number of ether oxygens (including phenoxy) is 1. The number of hydrogen-bond acceptors (Lipinski definition) is 4. The maximum absolute atomic E-state index is 13.0. The predicted octanol–water partition coefficient (Wildman–Crippen LogP) is 3.72. The molecule has 0 bridgehead atoms. The van der Waals surface area contributed by atoms with Gasteiger partial charge in [0.15, 0.2) is 0 Å². The molecular weight excluding hydrogens is 418 g/mol. The summed E-state index contributed by atoms with van der Waals surface area (Å²) in [6.07, 6.45) is 4.02. The number of benzene rings is 1. The van der Waals surface area contributed by atoms with Crippen LogP contribution in [0.1, 0.15) is 75.5 Å². The second-order valence-corrected chi connectivity index (χ2v) is 9.92. The Hall–Kier alpha value is -2.67. The van der Waals surface area contributed by atoms with Gasteiger partial charge in [0, 0.05) is 26.3 Å². The lowest BCUT2D eigenvalue weighted by Crippen LogP contribution is -2.40. The Morgan fingerprint density at radius 2 is 2.03 bits per heavy atom. The van der Waals surface area contributed by atoms with Crippen molar-refractivity contribution < 1.29 is 19.4 Å². The van der Waals surface area contributed by atoms with Gasteiger partial charge in [-0.05, 0) is 80.0 Å². The van der Waals surface area contributed by atoms with Gasteiger partial charge >= 0.3 is 5.97 Å². The predicted molar refractivity (Wildman–Crippen MR) is 126 cm³/mol. The van der Waals surface area contributed by atoms with E-state index in [9.17, 15) is 14.7 Å². The highest BCUT2D eigenvalue weighted by atomic mass is 16.5. The molecule has 1 aromatic carbocycles. The molecule has 1 saturated heterocycles. The first-order valence-electron chi connectivity index (χ1n) is 12.0. The number of carbonyl (C=O) groups excluding carboxylic acids is 1. The van der Waals surface area contributed by atoms with Gasteiger partial charge in [0.25, 0.3) is 5.91 Å². The van der Waals surface area contributed by atoms with Gasteiger partial charge < -0.3 is 15.2 Å². The van der Waals surface area contributed by atoms with E-state index in [-0.39, 0.29) is 17.2 Å². The molecule has 2 aliphatic heterocycles. The summed E-state index contributed by atoms with van der Waals surface area (Å²) < 4.78 is 7.64. The first-order valence-corrected chi connectivity index (χ1v) is 12.0. The highest BCUT2D eigenvalue weighted by Gasteiger charge is 2.39. The van der Waals surface area contributed by atoms with Gasteiger partial charge in [-0.15, -0.1) is 0 Å². The fourth-order valence-electron chi connectivity index (χ4n) is 5.37. The minimum absolute atomic E-state index is 0.00873. The van der Waals surface area contributed by atoms with Crippen LogP contribution < -0.4 is 5.32 Å². The first-order chi connectivity index (χ1) is 15.7. The summed E-state index contributed by atoms with van der Waals surface area (Å²) in [5, 5.41) is 17.7. The van der Waals surface area contributed by atoms with Crippen molar-refractivity contribution in [1.29, 1.82) is 0 Å². The van der Waals surface area contributed by atoms with Crippen LogP contribution in [-0.2, 0) is 30.5 Å². The van der Waals surface area contributed by atoms with Crippen LogP contribution in [-0.4, -0.2) is 46.5 Å². The number of fused-ring (bicyclic) bond motifs is 1. The van der Waals surface area contributed by atoms with Crippen molar-refractivity contribution in [2.45, 2.75) is 66.3 Å². The molecule has 4 rings (SSSR count). The molecule has 2 aliphatic rings. The molecule has 33 heavy (non-hydrogen) atoms. The molecular formula is C26H35N3O4. The first kappa shape index (κ1) is 23.5. The van der Waals surface area contributed by atoms with Crippen LogP contribution in [0.15, 0.2) is 12.1 Å². The van der Waals surface area contributed by atoms with E-state index in [0.29, 0.717) is 31.5 Å². The van der Waals surface area contributed by atoms with Crippen molar-refractivity contribution >= 4 is 11.9 Å². The second-order valence-electron chi connectivity index (χ2n) is 9.92. The number of aromatic carboxylic acids is 1. The maximum Gasteiger partial charge on any atom is 0.335 e. The summed E-state index contributed by atoms with van der Waals surface area (Å²) in [6.45, 7) is 11.0. The lowest BCUT2D eigenvalue weighted by molar-refractivity contribution is 0.0152. The van der Waals surface area contributed by atoms with Crippen LogP contribution in [0, 0.1) is 25.2 Å². The molecule has 0 unspecified atom stereocenters. The number of aryl methyl sites for hydroxylation is 2. The van der Waals surface area contributed by atoms with Crippen LogP contribution in [0.2, 0.25) is 0 Å². The molecule has 178 valence electrons. The topological polar surface area (TPSA) is 93.5 Å². The molecule has 7 heteroatoms. The fraction of sp³-hybridized carbons (Fsp3) is 0.577. The van der Waals surface area contributed by atoms with Gasteiger partial charge in [-0.3, -0.25) is 9.48 Å². The minimum Gasteiger partial charge on any atom is -0.478 e. The summed E-state index contributed by atoms with van der Waals surface area (Å²) in [4.78, 5) is 24.9. The number of carbonyl (C=O) groups is 2. The quantitative estimate of drug-likeness (QED) is 0.695. The Kier molecular flexibility index (Phi) is 6.61. The third-order valence-electron chi connectivity index (χ3n) is 7.55. The van der Waals surface area contributed by atoms with Crippen molar-refractivity contribution in [2.75, 3.05) is 19.8 Å². The van der Waals surface area contributed by atoms with Gasteiger partial charge in [0.1, 0.15) is 0 Å². The number of carboxylic acid groups (broad SMARTS) is 1. The van der Waals surface area contributed by atoms with Gasteiger partial charge in [0.05, 0.1) is 22.5 Å². The van der Waals surface area contributed by atoms with Crippen molar-refractivity contribution in [3.63, 3.8) is 0 Å². The Morgan fingerprint density at radius 1 is 1.30 bits per heavy atom. The third kappa shape index (κ3) is 4.56. The molecule has 0 radical (unpaired) electrons. The molecule has 0 aliphatic carbocycles. The average molecular weight is 454 g/mol. The fourth-order valence-corrected chi connectivity index (χ4v) is 5.37. The van der Waals surface area contributed by atoms with Crippen molar-refractivity contribution in [2.24, 2.45) is 11.3 Å². The molecule has 3 heterocycles. The lowest BCUT2D eigenvalue weighted by Gasteiger charge is -2.36. The van der Waals surface area contributed by atoms with E-state index in [1.807, 2.05) is 31.5 Å². The summed E-state index contributed by atoms with van der Waals surface area (Å²) in [6, 6.07) is 3.58. The largest absolute Gasteiger partial charge is 0.478 e. The number of rotatable bonds is 6. The summed E-state index contributed by atoms with van der Waals surface area (Å²) in [5.74, 6) is -0.749. The van der Waals surface area contributed by atoms with Crippen LogP contribution in [0.25, 0.3) is 0 Å². The molecule has 1 fully saturated rings. The van der Waals surface area contributed by atoms with Crippen molar-refractivity contribution in [3.05, 3.63) is 51.3 Å². The standard InChI is InChI=1S/C26H35N3O4/c1-5-21-23-22(13-26(15-27-24(23)30)8-10-33-11-9-26)29(28-21)14-16(2)12-20-18(4)17(3)6-7-19(20)25(31)32/h6-7,16H,5,8-15H2,1-4H3,(H,27,30)(H,31,32)/t16-/m1/s1. The van der Waals surface area contributed by atoms with Gasteiger partial charge in [-0.25, -0.2) is 4.79 Å². The zero-order valence-corrected chi connectivity index (χ0v) is 20.2. The average Bonchev–Trinajstić information content (AvgIpc) is 3.05. The molecule has 0 saturated carbocycles. The van der Waals surface area contributed by atoms with E-state index in [2.05, 4.69) is 12.2 Å². The van der Waals surface area contributed by atoms with E-state index >= 15 is 0 Å². The molecule has 2 N–H and O–H groups in total. The Balaban J connectivity index is 1.65. The molecule has 1 atom stereocenters. The van der Waals surface area contributed by atoms with Crippen molar-refractivity contribution in [1.82, 2.24) is 15.1 Å². The van der Waals surface area contributed by atoms with Gasteiger partial charge in [-0.2, -0.15) is 5.10 Å². The van der Waals surface area contributed by atoms with Crippen LogP contribution in [0.4, 0.5) is 0 Å². The zero-order chi connectivity index (χ0) is 23.8. The Labute approximate surface area is 195 Å². The number of amides is 1. The highest BCUT2D eigenvalue weighted by Crippen LogP contribution is 2.37. The van der Waals surface area contributed by atoms with Gasteiger partial charge in [-0.1, -0.05) is 19.9 Å². The summed E-state index contributed by atoms with van der Waals surface area (Å²) in [5.41, 5.74) is 6.02. The van der Waals surface area contributed by atoms with E-state index in [1.54, 1.807) is 6.07 Å². The Morgan fingerprint density at radius 3 is 2.70 bits per heavy atom. The van der Waals surface area contributed by atoms with E-state index in [0.717, 1.165) is 66.1 Å². The molecule has 2 aromatic rings. The molecule has 1 spiro atoms. The number of carboxylic acids is 1. The minimum atomic E-state index is -0.889. The zero-order valence-electron chi connectivity index (χ0n) is 20.2. The SMILES string of the molecule is CCc1nn(C[C@H](C)Cc2c(C(=O)O)ccc(C)c2C)c2c1C(=O)NCC1(CCOCC1)C2. The molecule has 7 nitrogen and oxygen atoms in total. The van der Waals surface area contributed by atoms with E-state index < -0.39 is 5.97 Å².